The van der Waals surface area contributed by atoms with Gasteiger partial charge in [-0.15, -0.1) is 0 Å². The summed E-state index contributed by atoms with van der Waals surface area (Å²) in [6, 6.07) is 96.0. The van der Waals surface area contributed by atoms with E-state index in [0.717, 1.165) is 67.8 Å². The Morgan fingerprint density at radius 3 is 0.639 bits per heavy atom. The van der Waals surface area contributed by atoms with Gasteiger partial charge in [-0.05, 0) is 171 Å². The molecule has 396 valence electrons. The summed E-state index contributed by atoms with van der Waals surface area (Å²) in [6.45, 7) is 4.55. The van der Waals surface area contributed by atoms with E-state index in [1.54, 1.807) is 0 Å². The fraction of sp³-hybridized carbons (Fsp3) is 0.0886. The van der Waals surface area contributed by atoms with Crippen LogP contribution in [0.4, 0.5) is 11.4 Å². The minimum absolute atomic E-state index is 0.0560. The molecule has 4 heteroatoms. The third-order valence-corrected chi connectivity index (χ3v) is 18.6. The second kappa shape index (κ2) is 19.0. The molecule has 4 nitrogen and oxygen atoms in total. The Hall–Kier alpha value is -10.2. The van der Waals surface area contributed by atoms with Gasteiger partial charge >= 0.3 is 0 Å². The summed E-state index contributed by atoms with van der Waals surface area (Å²) in [4.78, 5) is 0. The van der Waals surface area contributed by atoms with E-state index in [1.807, 2.05) is 0 Å². The molecule has 4 aliphatic rings. The average Bonchev–Trinajstić information content (AvgIpc) is 4.41. The quantitative estimate of drug-likeness (QED) is 0.134. The van der Waals surface area contributed by atoms with Crippen molar-refractivity contribution in [1.29, 1.82) is 0 Å². The molecule has 0 fully saturated rings. The molecule has 0 radical (unpaired) electrons. The van der Waals surface area contributed by atoms with Crippen LogP contribution in [-0.2, 0) is 5.41 Å². The lowest BCUT2D eigenvalue weighted by Gasteiger charge is -2.27. The first-order valence-electron chi connectivity index (χ1n) is 28.9. The number of hydrogen-bond acceptors (Lipinski definition) is 4. The number of rotatable bonds is 10. The smallest absolute Gasteiger partial charge is 0.128 e. The Morgan fingerprint density at radius 1 is 0.241 bits per heavy atom. The molecule has 12 aromatic rings. The third kappa shape index (κ3) is 7.66. The standard InChI is InChI=1S/C79H58N2O2/c1-79(2,47-35-39-49(40-36-47)82-51-43-69(73-61-27-11-3-19-53(61)54-20-4-12-28-62(54)73)77(80)70(44-51)74-63-29-13-5-21-55(63)56-22-6-14-30-64(56)74)48-37-41-50(42-38-48)83-52-45-71(75-65-31-15-7-23-57(65)58-24-8-16-32-66(58)75)78(81)72(46-52)76-67-33-17-9-25-59(67)60-26-10-18-34-68(60)76/h3-46,73-76H,80-81H2,1-2H3. The lowest BCUT2D eigenvalue weighted by Crippen LogP contribution is -2.18. The summed E-state index contributed by atoms with van der Waals surface area (Å²) in [7, 11) is 0. The summed E-state index contributed by atoms with van der Waals surface area (Å²) in [5.74, 6) is 2.80. The highest BCUT2D eigenvalue weighted by atomic mass is 16.5. The van der Waals surface area contributed by atoms with Crippen molar-refractivity contribution in [2.75, 3.05) is 11.5 Å². The van der Waals surface area contributed by atoms with Gasteiger partial charge in [0.05, 0.1) is 0 Å². The summed E-state index contributed by atoms with van der Waals surface area (Å²) in [5, 5.41) is 0. The molecule has 16 rings (SSSR count). The van der Waals surface area contributed by atoms with E-state index >= 15 is 0 Å². The van der Waals surface area contributed by atoms with Crippen LogP contribution in [0.1, 0.15) is 115 Å². The lowest BCUT2D eigenvalue weighted by molar-refractivity contribution is 0.479. The number of nitrogen functional groups attached to an aromatic ring is 2. The molecule has 0 bridgehead atoms. The van der Waals surface area contributed by atoms with Crippen molar-refractivity contribution in [3.05, 3.63) is 345 Å². The van der Waals surface area contributed by atoms with E-state index in [0.29, 0.717) is 0 Å². The molecule has 0 amide bonds. The maximum absolute atomic E-state index is 7.56. The van der Waals surface area contributed by atoms with Crippen LogP contribution in [0, 0.1) is 0 Å². The van der Waals surface area contributed by atoms with Gasteiger partial charge in [-0.3, -0.25) is 0 Å². The fourth-order valence-corrected chi connectivity index (χ4v) is 14.7. The van der Waals surface area contributed by atoms with Gasteiger partial charge in [-0.2, -0.15) is 0 Å². The van der Waals surface area contributed by atoms with E-state index in [9.17, 15) is 0 Å². The van der Waals surface area contributed by atoms with Crippen LogP contribution >= 0.6 is 0 Å². The second-order valence-electron chi connectivity index (χ2n) is 23.3. The SMILES string of the molecule is CC(C)(c1ccc(Oc2cc(C3c4ccccc4-c4ccccc43)c(N)c(C3c4ccccc4-c4ccccc43)c2)cc1)c1ccc(Oc2cc(C3c4ccccc4-c4ccccc43)c(N)c(C3c4ccccc4-c4ccccc43)c2)cc1. The van der Waals surface area contributed by atoms with Gasteiger partial charge in [0.2, 0.25) is 0 Å². The molecule has 4 N–H and O–H groups in total. The van der Waals surface area contributed by atoms with Crippen LogP contribution < -0.4 is 20.9 Å². The highest BCUT2D eigenvalue weighted by molar-refractivity contribution is 5.88. The number of fused-ring (bicyclic) bond motifs is 12. The van der Waals surface area contributed by atoms with E-state index in [4.69, 9.17) is 20.9 Å². The van der Waals surface area contributed by atoms with Crippen LogP contribution in [0.25, 0.3) is 44.5 Å². The number of hydrogen-bond donors (Lipinski definition) is 2. The molecule has 0 unspecified atom stereocenters. The normalized spacial score (nSPS) is 13.8. The van der Waals surface area contributed by atoms with Crippen molar-refractivity contribution < 1.29 is 9.47 Å². The van der Waals surface area contributed by atoms with Crippen molar-refractivity contribution >= 4 is 11.4 Å². The monoisotopic (exact) mass is 1070 g/mol. The van der Waals surface area contributed by atoms with Gasteiger partial charge < -0.3 is 20.9 Å². The predicted octanol–water partition coefficient (Wildman–Crippen LogP) is 19.4. The lowest BCUT2D eigenvalue weighted by atomic mass is 9.78. The third-order valence-electron chi connectivity index (χ3n) is 18.6. The van der Waals surface area contributed by atoms with Crippen LogP contribution in [0.2, 0.25) is 0 Å². The minimum atomic E-state index is -0.348. The highest BCUT2D eigenvalue weighted by Gasteiger charge is 2.38. The Labute approximate surface area is 484 Å². The number of anilines is 2. The van der Waals surface area contributed by atoms with E-state index < -0.39 is 0 Å². The van der Waals surface area contributed by atoms with Gasteiger partial charge in [0.1, 0.15) is 23.0 Å². The van der Waals surface area contributed by atoms with Crippen LogP contribution in [0.5, 0.6) is 23.0 Å². The van der Waals surface area contributed by atoms with Crippen LogP contribution in [0.3, 0.4) is 0 Å². The Bertz CT molecular complexity index is 3880. The van der Waals surface area contributed by atoms with E-state index in [2.05, 4.69) is 281 Å². The molecular weight excluding hydrogens is 1010 g/mol. The topological polar surface area (TPSA) is 70.5 Å². The molecule has 4 aliphatic carbocycles. The largest absolute Gasteiger partial charge is 0.457 e. The first-order valence-corrected chi connectivity index (χ1v) is 28.9. The van der Waals surface area contributed by atoms with E-state index in [-0.39, 0.29) is 29.1 Å². The molecule has 0 saturated heterocycles. The highest BCUT2D eigenvalue weighted by Crippen LogP contribution is 2.57. The molecule has 0 saturated carbocycles. The van der Waals surface area contributed by atoms with Crippen LogP contribution in [0.15, 0.2) is 267 Å². The van der Waals surface area contributed by atoms with Gasteiger partial charge in [0.25, 0.3) is 0 Å². The van der Waals surface area contributed by atoms with Gasteiger partial charge in [-0.1, -0.05) is 232 Å². The Balaban J connectivity index is 0.727. The average molecular weight is 1070 g/mol. The zero-order valence-electron chi connectivity index (χ0n) is 46.2. The number of nitrogens with two attached hydrogens (primary N) is 2. The molecule has 0 heterocycles. The van der Waals surface area contributed by atoms with Crippen molar-refractivity contribution in [1.82, 2.24) is 0 Å². The van der Waals surface area contributed by atoms with Crippen molar-refractivity contribution in [2.45, 2.75) is 42.9 Å². The van der Waals surface area contributed by atoms with Crippen molar-refractivity contribution in [3.63, 3.8) is 0 Å². The Morgan fingerprint density at radius 2 is 0.434 bits per heavy atom. The zero-order valence-corrected chi connectivity index (χ0v) is 46.2. The van der Waals surface area contributed by atoms with Crippen molar-refractivity contribution in [2.24, 2.45) is 0 Å². The number of ether oxygens (including phenoxy) is 2. The first-order chi connectivity index (χ1) is 40.8. The maximum Gasteiger partial charge on any atom is 0.128 e. The molecule has 83 heavy (non-hydrogen) atoms. The predicted molar refractivity (Wildman–Crippen MR) is 338 cm³/mol. The molecule has 0 spiro atoms. The van der Waals surface area contributed by atoms with Gasteiger partial charge in [0.15, 0.2) is 0 Å². The van der Waals surface area contributed by atoms with E-state index in [1.165, 1.54) is 89.0 Å². The summed E-state index contributed by atoms with van der Waals surface area (Å²) in [5.41, 5.74) is 42.9. The molecule has 12 aromatic carbocycles. The Kier molecular flexibility index (Phi) is 11.1. The molecule has 0 aromatic heterocycles. The summed E-state index contributed by atoms with van der Waals surface area (Å²) in [6.07, 6.45) is 0. The molecular formula is C79H58N2O2. The summed E-state index contributed by atoms with van der Waals surface area (Å²) >= 11 is 0. The fourth-order valence-electron chi connectivity index (χ4n) is 14.7. The maximum atomic E-state index is 7.56. The molecule has 0 aliphatic heterocycles. The second-order valence-corrected chi connectivity index (χ2v) is 23.3. The zero-order chi connectivity index (χ0) is 55.5. The van der Waals surface area contributed by atoms with Gasteiger partial charge in [-0.25, -0.2) is 0 Å². The summed E-state index contributed by atoms with van der Waals surface area (Å²) < 4.78 is 14.0. The molecule has 0 atom stereocenters. The van der Waals surface area contributed by atoms with Gasteiger partial charge in [0, 0.05) is 40.5 Å². The number of benzene rings is 12. The van der Waals surface area contributed by atoms with Crippen LogP contribution in [-0.4, -0.2) is 0 Å². The first kappa shape index (κ1) is 48.7. The minimum Gasteiger partial charge on any atom is -0.457 e. The van der Waals surface area contributed by atoms with Crippen molar-refractivity contribution in [3.8, 4) is 67.5 Å².